The van der Waals surface area contributed by atoms with Crippen LogP contribution in [0.5, 0.6) is 5.75 Å². The van der Waals surface area contributed by atoms with Gasteiger partial charge in [0.15, 0.2) is 6.10 Å². The van der Waals surface area contributed by atoms with Crippen molar-refractivity contribution in [2.24, 2.45) is 17.8 Å². The van der Waals surface area contributed by atoms with Crippen LogP contribution in [0.2, 0.25) is 0 Å². The lowest BCUT2D eigenvalue weighted by molar-refractivity contribution is -0.151. The molecule has 0 aromatic heterocycles. The topological polar surface area (TPSA) is 72.8 Å². The number of esters is 1. The maximum atomic E-state index is 13.0. The molecule has 0 heterocycles. The van der Waals surface area contributed by atoms with Gasteiger partial charge >= 0.3 is 11.9 Å². The number of carboxylic acid groups (broad SMARTS) is 1. The number of rotatable bonds is 10. The molecule has 0 aliphatic heterocycles. The number of carbonyl (C=O) groups is 2. The molecule has 0 spiro atoms. The van der Waals surface area contributed by atoms with E-state index in [0.717, 1.165) is 58.2 Å². The third-order valence-corrected chi connectivity index (χ3v) is 9.67. The second-order valence-electron chi connectivity index (χ2n) is 12.5. The van der Waals surface area contributed by atoms with E-state index in [1.807, 2.05) is 25.1 Å². The minimum absolute atomic E-state index is 0.0719. The van der Waals surface area contributed by atoms with Crippen LogP contribution in [-0.2, 0) is 14.9 Å². The minimum Gasteiger partial charge on any atom is -0.478 e. The molecule has 1 atom stereocenters. The van der Waals surface area contributed by atoms with E-state index in [9.17, 15) is 14.7 Å². The number of fused-ring (bicyclic) bond motifs is 1. The van der Waals surface area contributed by atoms with E-state index < -0.39 is 12.1 Å². The van der Waals surface area contributed by atoms with Crippen molar-refractivity contribution < 1.29 is 24.2 Å². The molecule has 1 N–H and O–H groups in total. The molecule has 4 aliphatic carbocycles. The Kier molecular flexibility index (Phi) is 7.33. The quantitative estimate of drug-likeness (QED) is 0.263. The summed E-state index contributed by atoms with van der Waals surface area (Å²) in [7, 11) is 0. The molecule has 1 unspecified atom stereocenters. The lowest BCUT2D eigenvalue weighted by atomic mass is 9.48. The summed E-state index contributed by atoms with van der Waals surface area (Å²) < 4.78 is 12.2. The zero-order chi connectivity index (χ0) is 27.9. The van der Waals surface area contributed by atoms with E-state index in [1.54, 1.807) is 12.1 Å². The van der Waals surface area contributed by atoms with Gasteiger partial charge in [0, 0.05) is 5.56 Å². The van der Waals surface area contributed by atoms with Gasteiger partial charge in [0.05, 0.1) is 12.2 Å². The standard InChI is InChI=1S/C35H40O5/c1-3-5-9-31(34(38)39-4-2)40-32-17-27-7-6-8-28(25-10-12-26(13-11-25)33(36)37)29(27)18-30(32)35-19-22-14-23(20-35)16-24(15-22)21-35/h6-8,10-13,17-18,22-24,31H,3-5,9,14-16,19-21H2,1-2H3,(H,36,37). The second kappa shape index (κ2) is 10.9. The fraction of sp³-hybridized carbons (Fsp3) is 0.486. The van der Waals surface area contributed by atoms with E-state index in [2.05, 4.69) is 31.2 Å². The van der Waals surface area contributed by atoms with Crippen molar-refractivity contribution in [1.29, 1.82) is 0 Å². The van der Waals surface area contributed by atoms with Crippen LogP contribution in [0.25, 0.3) is 21.9 Å². The average Bonchev–Trinajstić information content (AvgIpc) is 2.94. The van der Waals surface area contributed by atoms with Crippen molar-refractivity contribution in [2.75, 3.05) is 6.61 Å². The Morgan fingerprint density at radius 1 is 0.950 bits per heavy atom. The summed E-state index contributed by atoms with van der Waals surface area (Å²) in [5, 5.41) is 11.6. The van der Waals surface area contributed by atoms with E-state index in [4.69, 9.17) is 9.47 Å². The van der Waals surface area contributed by atoms with Gasteiger partial charge in [-0.2, -0.15) is 0 Å². The molecule has 0 saturated heterocycles. The maximum Gasteiger partial charge on any atom is 0.347 e. The summed E-state index contributed by atoms with van der Waals surface area (Å²) >= 11 is 0. The fourth-order valence-electron chi connectivity index (χ4n) is 8.30. The van der Waals surface area contributed by atoms with Gasteiger partial charge in [-0.25, -0.2) is 9.59 Å². The van der Waals surface area contributed by atoms with Crippen molar-refractivity contribution >= 4 is 22.7 Å². The molecule has 5 heteroatoms. The lowest BCUT2D eigenvalue weighted by Crippen LogP contribution is -2.48. The van der Waals surface area contributed by atoms with Gasteiger partial charge in [-0.1, -0.05) is 43.7 Å². The highest BCUT2D eigenvalue weighted by atomic mass is 16.6. The Labute approximate surface area is 236 Å². The zero-order valence-corrected chi connectivity index (χ0v) is 23.7. The lowest BCUT2D eigenvalue weighted by Gasteiger charge is -2.57. The molecule has 5 nitrogen and oxygen atoms in total. The third kappa shape index (κ3) is 5.00. The third-order valence-electron chi connectivity index (χ3n) is 9.67. The number of hydrogen-bond acceptors (Lipinski definition) is 4. The van der Waals surface area contributed by atoms with Gasteiger partial charge in [0.2, 0.25) is 0 Å². The first kappa shape index (κ1) is 26.9. The van der Waals surface area contributed by atoms with Gasteiger partial charge in [-0.15, -0.1) is 0 Å². The largest absolute Gasteiger partial charge is 0.478 e. The molecule has 4 bridgehead atoms. The van der Waals surface area contributed by atoms with E-state index in [0.29, 0.717) is 13.0 Å². The predicted octanol–water partition coefficient (Wildman–Crippen LogP) is 8.17. The van der Waals surface area contributed by atoms with Crippen LogP contribution >= 0.6 is 0 Å². The van der Waals surface area contributed by atoms with Crippen LogP contribution in [0.3, 0.4) is 0 Å². The SMILES string of the molecule is CCCCC(Oc1cc2cccc(-c3ccc(C(=O)O)cc3)c2cc1C12CC3CC(CC(C3)C1)C2)C(=O)OCC. The summed E-state index contributed by atoms with van der Waals surface area (Å²) in [6, 6.07) is 17.9. The molecule has 4 saturated carbocycles. The van der Waals surface area contributed by atoms with Crippen LogP contribution < -0.4 is 4.74 Å². The Bertz CT molecular complexity index is 1370. The number of carboxylic acids is 1. The van der Waals surface area contributed by atoms with E-state index in [1.165, 1.54) is 44.1 Å². The smallest absolute Gasteiger partial charge is 0.347 e. The average molecular weight is 541 g/mol. The number of unbranched alkanes of at least 4 members (excludes halogenated alkanes) is 1. The molecule has 0 radical (unpaired) electrons. The number of hydrogen-bond donors (Lipinski definition) is 1. The van der Waals surface area contributed by atoms with E-state index >= 15 is 0 Å². The first-order chi connectivity index (χ1) is 19.4. The summed E-state index contributed by atoms with van der Waals surface area (Å²) in [4.78, 5) is 24.4. The number of ether oxygens (including phenoxy) is 2. The molecular formula is C35H40O5. The van der Waals surface area contributed by atoms with Crippen molar-refractivity contribution in [2.45, 2.75) is 83.2 Å². The van der Waals surface area contributed by atoms with Crippen molar-refractivity contribution in [3.05, 3.63) is 65.7 Å². The van der Waals surface area contributed by atoms with Crippen LogP contribution in [0.15, 0.2) is 54.6 Å². The predicted molar refractivity (Wildman–Crippen MR) is 157 cm³/mol. The first-order valence-electron chi connectivity index (χ1n) is 15.1. The number of benzene rings is 3. The molecule has 4 fully saturated rings. The van der Waals surface area contributed by atoms with Crippen LogP contribution in [0, 0.1) is 17.8 Å². The highest BCUT2D eigenvalue weighted by Gasteiger charge is 2.52. The maximum absolute atomic E-state index is 13.0. The fourth-order valence-corrected chi connectivity index (χ4v) is 8.30. The Morgan fingerprint density at radius 2 is 1.62 bits per heavy atom. The van der Waals surface area contributed by atoms with Crippen molar-refractivity contribution in [3.63, 3.8) is 0 Å². The van der Waals surface area contributed by atoms with Gasteiger partial charge < -0.3 is 14.6 Å². The van der Waals surface area contributed by atoms with Crippen LogP contribution in [0.4, 0.5) is 0 Å². The molecule has 3 aromatic rings. The summed E-state index contributed by atoms with van der Waals surface area (Å²) in [5.74, 6) is 1.95. The first-order valence-corrected chi connectivity index (χ1v) is 15.1. The Hall–Kier alpha value is -3.34. The summed E-state index contributed by atoms with van der Waals surface area (Å²) in [5.41, 5.74) is 3.68. The number of aromatic carboxylic acids is 1. The van der Waals surface area contributed by atoms with Crippen LogP contribution in [0.1, 0.15) is 87.6 Å². The molecule has 7 rings (SSSR count). The minimum atomic E-state index is -0.922. The second-order valence-corrected chi connectivity index (χ2v) is 12.5. The highest BCUT2D eigenvalue weighted by molar-refractivity contribution is 5.99. The molecule has 3 aromatic carbocycles. The van der Waals surface area contributed by atoms with Gasteiger partial charge in [0.1, 0.15) is 5.75 Å². The van der Waals surface area contributed by atoms with Crippen molar-refractivity contribution in [3.8, 4) is 16.9 Å². The van der Waals surface area contributed by atoms with Gasteiger partial charge in [0.25, 0.3) is 0 Å². The Balaban J connectivity index is 1.48. The zero-order valence-electron chi connectivity index (χ0n) is 23.7. The highest BCUT2D eigenvalue weighted by Crippen LogP contribution is 2.62. The van der Waals surface area contributed by atoms with Crippen LogP contribution in [-0.4, -0.2) is 29.8 Å². The summed E-state index contributed by atoms with van der Waals surface area (Å²) in [6.07, 6.45) is 9.55. The van der Waals surface area contributed by atoms with Gasteiger partial charge in [-0.3, -0.25) is 0 Å². The van der Waals surface area contributed by atoms with Crippen molar-refractivity contribution in [1.82, 2.24) is 0 Å². The number of carbonyl (C=O) groups excluding carboxylic acids is 1. The Morgan fingerprint density at radius 3 is 2.23 bits per heavy atom. The normalized spacial score (nSPS) is 25.6. The molecule has 40 heavy (non-hydrogen) atoms. The van der Waals surface area contributed by atoms with E-state index in [-0.39, 0.29) is 16.9 Å². The molecule has 4 aliphatic rings. The molecule has 0 amide bonds. The monoisotopic (exact) mass is 540 g/mol. The molecular weight excluding hydrogens is 500 g/mol. The molecule has 210 valence electrons. The summed E-state index contributed by atoms with van der Waals surface area (Å²) in [6.45, 7) is 4.31. The van der Waals surface area contributed by atoms with Gasteiger partial charge in [-0.05, 0) is 128 Å².